The highest BCUT2D eigenvalue weighted by Crippen LogP contribution is 2.26. The number of hydrogen-bond acceptors (Lipinski definition) is 4. The third-order valence-electron chi connectivity index (χ3n) is 3.66. The van der Waals surface area contributed by atoms with Crippen LogP contribution >= 0.6 is 0 Å². The van der Waals surface area contributed by atoms with E-state index in [2.05, 4.69) is 0 Å². The molecule has 1 aromatic carbocycles. The Hall–Kier alpha value is -1.75. The highest BCUT2D eigenvalue weighted by molar-refractivity contribution is 6.01. The molecule has 0 saturated carbocycles. The first-order valence-electron chi connectivity index (χ1n) is 6.96. The predicted octanol–water partition coefficient (Wildman–Crippen LogP) is 1.78. The van der Waals surface area contributed by atoms with E-state index in [1.54, 1.807) is 25.3 Å². The number of ether oxygens (including phenoxy) is 2. The summed E-state index contributed by atoms with van der Waals surface area (Å²) in [7, 11) is 1.55. The van der Waals surface area contributed by atoms with Crippen LogP contribution in [0.25, 0.3) is 0 Å². The zero-order chi connectivity index (χ0) is 14.5. The Labute approximate surface area is 119 Å². The molecule has 1 heterocycles. The molecular formula is C15H22N2O3. The van der Waals surface area contributed by atoms with E-state index < -0.39 is 0 Å². The molecule has 5 heteroatoms. The van der Waals surface area contributed by atoms with E-state index in [1.807, 2.05) is 11.8 Å². The number of amides is 1. The maximum absolute atomic E-state index is 12.7. The Bertz CT molecular complexity index is 470. The van der Waals surface area contributed by atoms with Crippen LogP contribution in [0, 0.1) is 5.92 Å². The largest absolute Gasteiger partial charge is 0.496 e. The fraction of sp³-hybridized carbons (Fsp3) is 0.533. The predicted molar refractivity (Wildman–Crippen MR) is 77.9 cm³/mol. The molecule has 20 heavy (non-hydrogen) atoms. The number of nitrogen functional groups attached to an aromatic ring is 1. The minimum atomic E-state index is -0.0747. The molecule has 5 nitrogen and oxygen atoms in total. The molecule has 0 aromatic heterocycles. The second-order valence-corrected chi connectivity index (χ2v) is 5.00. The zero-order valence-electron chi connectivity index (χ0n) is 12.1. The molecule has 0 spiro atoms. The minimum Gasteiger partial charge on any atom is -0.496 e. The number of nitrogens with two attached hydrogens (primary N) is 1. The summed E-state index contributed by atoms with van der Waals surface area (Å²) in [6.07, 6.45) is 1.01. The molecule has 2 rings (SSSR count). The maximum Gasteiger partial charge on any atom is 0.259 e. The van der Waals surface area contributed by atoms with Crippen molar-refractivity contribution in [3.63, 3.8) is 0 Å². The van der Waals surface area contributed by atoms with Gasteiger partial charge in [0.25, 0.3) is 5.91 Å². The highest BCUT2D eigenvalue weighted by atomic mass is 16.5. The number of rotatable bonds is 5. The number of carbonyl (C=O) groups is 1. The van der Waals surface area contributed by atoms with Crippen molar-refractivity contribution < 1.29 is 14.3 Å². The van der Waals surface area contributed by atoms with Crippen molar-refractivity contribution in [1.82, 2.24) is 4.90 Å². The lowest BCUT2D eigenvalue weighted by molar-refractivity contribution is 0.0728. The monoisotopic (exact) mass is 278 g/mol. The van der Waals surface area contributed by atoms with Crippen molar-refractivity contribution in [3.8, 4) is 5.75 Å². The molecular weight excluding hydrogens is 256 g/mol. The number of carbonyl (C=O) groups excluding carboxylic acids is 1. The van der Waals surface area contributed by atoms with Crippen LogP contribution in [0.15, 0.2) is 18.2 Å². The van der Waals surface area contributed by atoms with Gasteiger partial charge in [-0.2, -0.15) is 0 Å². The molecule has 1 atom stereocenters. The van der Waals surface area contributed by atoms with Gasteiger partial charge in [-0.05, 0) is 25.5 Å². The van der Waals surface area contributed by atoms with Gasteiger partial charge in [0.1, 0.15) is 11.3 Å². The average molecular weight is 278 g/mol. The van der Waals surface area contributed by atoms with Crippen LogP contribution in [0.4, 0.5) is 5.69 Å². The topological polar surface area (TPSA) is 64.8 Å². The number of anilines is 1. The summed E-state index contributed by atoms with van der Waals surface area (Å²) in [5.74, 6) is 0.861. The first-order valence-corrected chi connectivity index (χ1v) is 6.96. The second kappa shape index (κ2) is 6.61. The molecule has 1 fully saturated rings. The Balaban J connectivity index is 2.19. The molecule has 1 amide bonds. The Morgan fingerprint density at radius 3 is 2.95 bits per heavy atom. The van der Waals surface area contributed by atoms with Gasteiger partial charge in [-0.3, -0.25) is 4.79 Å². The van der Waals surface area contributed by atoms with Gasteiger partial charge in [-0.1, -0.05) is 6.07 Å². The van der Waals surface area contributed by atoms with E-state index in [1.165, 1.54) is 0 Å². The lowest BCUT2D eigenvalue weighted by Gasteiger charge is -2.25. The van der Waals surface area contributed by atoms with E-state index in [9.17, 15) is 4.79 Å². The van der Waals surface area contributed by atoms with Crippen molar-refractivity contribution in [2.24, 2.45) is 5.92 Å². The van der Waals surface area contributed by atoms with E-state index in [0.717, 1.165) is 19.6 Å². The Morgan fingerprint density at radius 1 is 1.55 bits per heavy atom. The zero-order valence-corrected chi connectivity index (χ0v) is 12.1. The van der Waals surface area contributed by atoms with Crippen molar-refractivity contribution in [3.05, 3.63) is 23.8 Å². The number of nitrogens with zero attached hydrogens (tertiary/aromatic N) is 1. The van der Waals surface area contributed by atoms with Gasteiger partial charge in [-0.25, -0.2) is 0 Å². The van der Waals surface area contributed by atoms with Gasteiger partial charge >= 0.3 is 0 Å². The molecule has 2 N–H and O–H groups in total. The van der Waals surface area contributed by atoms with E-state index in [0.29, 0.717) is 36.0 Å². The minimum absolute atomic E-state index is 0.0747. The molecule has 1 aliphatic rings. The average Bonchev–Trinajstić information content (AvgIpc) is 2.96. The quantitative estimate of drug-likeness (QED) is 0.834. The Morgan fingerprint density at radius 2 is 2.35 bits per heavy atom. The molecule has 0 aliphatic carbocycles. The Kier molecular flexibility index (Phi) is 4.84. The molecule has 1 unspecified atom stereocenters. The fourth-order valence-corrected chi connectivity index (χ4v) is 2.50. The van der Waals surface area contributed by atoms with Crippen LogP contribution in [0.1, 0.15) is 23.7 Å². The van der Waals surface area contributed by atoms with Crippen molar-refractivity contribution >= 4 is 11.6 Å². The van der Waals surface area contributed by atoms with Crippen molar-refractivity contribution in [1.29, 1.82) is 0 Å². The number of methoxy groups -OCH3 is 1. The smallest absolute Gasteiger partial charge is 0.259 e. The van der Waals surface area contributed by atoms with Crippen molar-refractivity contribution in [2.75, 3.05) is 39.1 Å². The summed E-state index contributed by atoms with van der Waals surface area (Å²) >= 11 is 0. The van der Waals surface area contributed by atoms with Gasteiger partial charge in [-0.15, -0.1) is 0 Å². The lowest BCUT2D eigenvalue weighted by atomic mass is 10.1. The molecule has 1 aromatic rings. The van der Waals surface area contributed by atoms with Crippen LogP contribution in [0.2, 0.25) is 0 Å². The van der Waals surface area contributed by atoms with E-state index >= 15 is 0 Å². The molecule has 1 aliphatic heterocycles. The third kappa shape index (κ3) is 3.04. The van der Waals surface area contributed by atoms with Crippen LogP contribution in [-0.2, 0) is 4.74 Å². The van der Waals surface area contributed by atoms with Gasteiger partial charge < -0.3 is 20.1 Å². The maximum atomic E-state index is 12.7. The van der Waals surface area contributed by atoms with E-state index in [-0.39, 0.29) is 5.91 Å². The molecule has 110 valence electrons. The van der Waals surface area contributed by atoms with Crippen LogP contribution in [0.3, 0.4) is 0 Å². The summed E-state index contributed by atoms with van der Waals surface area (Å²) in [4.78, 5) is 14.5. The van der Waals surface area contributed by atoms with Crippen molar-refractivity contribution in [2.45, 2.75) is 13.3 Å². The summed E-state index contributed by atoms with van der Waals surface area (Å²) in [5.41, 5.74) is 6.85. The van der Waals surface area contributed by atoms with Crippen LogP contribution in [-0.4, -0.2) is 44.2 Å². The summed E-state index contributed by atoms with van der Waals surface area (Å²) in [6, 6.07) is 5.27. The van der Waals surface area contributed by atoms with Gasteiger partial charge in [0.05, 0.1) is 13.7 Å². The first kappa shape index (κ1) is 14.7. The normalized spacial score (nSPS) is 18.0. The second-order valence-electron chi connectivity index (χ2n) is 5.00. The van der Waals surface area contributed by atoms with Gasteiger partial charge in [0.15, 0.2) is 0 Å². The lowest BCUT2D eigenvalue weighted by Crippen LogP contribution is -2.36. The summed E-state index contributed by atoms with van der Waals surface area (Å²) < 4.78 is 10.6. The molecule has 0 radical (unpaired) electrons. The van der Waals surface area contributed by atoms with Gasteiger partial charge in [0.2, 0.25) is 0 Å². The van der Waals surface area contributed by atoms with Crippen LogP contribution < -0.4 is 10.5 Å². The number of benzene rings is 1. The fourth-order valence-electron chi connectivity index (χ4n) is 2.50. The van der Waals surface area contributed by atoms with Crippen LogP contribution in [0.5, 0.6) is 5.75 Å². The van der Waals surface area contributed by atoms with Gasteiger partial charge in [0, 0.05) is 31.3 Å². The summed E-state index contributed by atoms with van der Waals surface area (Å²) in [5, 5.41) is 0. The SMILES string of the molecule is CCN(CC1CCOC1)C(=O)c1c(N)cccc1OC. The standard InChI is InChI=1S/C15H22N2O3/c1-3-17(9-11-7-8-20-10-11)15(18)14-12(16)5-4-6-13(14)19-2/h4-6,11H,3,7-10,16H2,1-2H3. The van der Waals surface area contributed by atoms with E-state index in [4.69, 9.17) is 15.2 Å². The molecule has 1 saturated heterocycles. The third-order valence-corrected chi connectivity index (χ3v) is 3.66. The molecule has 0 bridgehead atoms. The summed E-state index contributed by atoms with van der Waals surface area (Å²) in [6.45, 7) is 4.83. The first-order chi connectivity index (χ1) is 9.67. The number of hydrogen-bond donors (Lipinski definition) is 1. The highest BCUT2D eigenvalue weighted by Gasteiger charge is 2.25.